The molecule has 0 aliphatic heterocycles. The number of amides is 5. The Kier molecular flexibility index (Phi) is 19.3. The summed E-state index contributed by atoms with van der Waals surface area (Å²) in [5.41, 5.74) is 11.5. The van der Waals surface area contributed by atoms with E-state index in [9.17, 15) is 33.9 Å². The Labute approximate surface area is 277 Å². The van der Waals surface area contributed by atoms with Gasteiger partial charge >= 0.3 is 18.0 Å². The number of allylic oxidation sites excluding steroid dienone is 1. The molecule has 0 aliphatic rings. The van der Waals surface area contributed by atoms with Gasteiger partial charge in [-0.2, -0.15) is 0 Å². The molecule has 1 aromatic carbocycles. The average Bonchev–Trinajstić information content (AvgIpc) is 2.98. The van der Waals surface area contributed by atoms with Gasteiger partial charge in [-0.1, -0.05) is 73.6 Å². The molecule has 0 saturated carbocycles. The minimum Gasteiger partial charge on any atom is -0.480 e. The number of hydrogen-bond donors (Lipinski definition) is 7. The summed E-state index contributed by atoms with van der Waals surface area (Å²) in [6.45, 7) is 18.0. The summed E-state index contributed by atoms with van der Waals surface area (Å²) in [6, 6.07) is 1.46. The first-order valence-corrected chi connectivity index (χ1v) is 15.7. The van der Waals surface area contributed by atoms with Crippen LogP contribution in [0, 0.1) is 17.8 Å². The summed E-state index contributed by atoms with van der Waals surface area (Å²) >= 11 is 0. The lowest BCUT2D eigenvalue weighted by atomic mass is 9.97. The van der Waals surface area contributed by atoms with Crippen LogP contribution < -0.4 is 37.5 Å². The van der Waals surface area contributed by atoms with Crippen molar-refractivity contribution in [3.8, 4) is 5.75 Å². The smallest absolute Gasteiger partial charge is 0.328 e. The van der Waals surface area contributed by atoms with Gasteiger partial charge in [-0.25, -0.2) is 14.4 Å². The Balaban J connectivity index is 0.00000391. The molecule has 5 atom stereocenters. The lowest BCUT2D eigenvalue weighted by Gasteiger charge is -2.27. The highest BCUT2D eigenvalue weighted by Gasteiger charge is 2.31. The van der Waals surface area contributed by atoms with Gasteiger partial charge in [0.25, 0.3) is 0 Å². The van der Waals surface area contributed by atoms with Crippen molar-refractivity contribution in [3.05, 3.63) is 42.1 Å². The predicted octanol–water partition coefficient (Wildman–Crippen LogP) is 2.35. The van der Waals surface area contributed by atoms with Gasteiger partial charge in [0, 0.05) is 18.5 Å². The number of aliphatic carboxylic acids is 1. The minimum atomic E-state index is -1.20. The third-order valence-corrected chi connectivity index (χ3v) is 6.98. The van der Waals surface area contributed by atoms with Crippen LogP contribution in [0.1, 0.15) is 80.2 Å². The summed E-state index contributed by atoms with van der Waals surface area (Å²) in [6.07, 6.45) is 1.22. The van der Waals surface area contributed by atoms with Gasteiger partial charge in [0.2, 0.25) is 17.7 Å². The van der Waals surface area contributed by atoms with Crippen molar-refractivity contribution in [1.82, 2.24) is 21.3 Å². The van der Waals surface area contributed by atoms with E-state index >= 15 is 0 Å². The molecule has 14 heteroatoms. The molecule has 264 valence electrons. The third-order valence-electron chi connectivity index (χ3n) is 6.98. The fourth-order valence-corrected chi connectivity index (χ4v) is 3.89. The summed E-state index contributed by atoms with van der Waals surface area (Å²) in [4.78, 5) is 72.7. The van der Waals surface area contributed by atoms with Gasteiger partial charge in [0.05, 0.1) is 0 Å². The zero-order chi connectivity index (χ0) is 36.4. The van der Waals surface area contributed by atoms with Crippen LogP contribution in [0.15, 0.2) is 36.5 Å². The van der Waals surface area contributed by atoms with E-state index in [0.717, 1.165) is 0 Å². The van der Waals surface area contributed by atoms with E-state index in [1.54, 1.807) is 52.0 Å². The number of nitrogens with one attached hydrogen (secondary N) is 4. The monoisotopic (exact) mass is 662 g/mol. The molecular weight excluding hydrogens is 608 g/mol. The summed E-state index contributed by atoms with van der Waals surface area (Å²) in [5, 5.41) is 19.9. The molecule has 0 aromatic heterocycles. The molecule has 5 amide bonds. The molecular formula is C33H54N6O8. The molecule has 0 spiro atoms. The van der Waals surface area contributed by atoms with E-state index in [1.807, 2.05) is 27.7 Å². The molecule has 0 saturated heterocycles. The molecule has 5 unspecified atom stereocenters. The number of carbonyl (C=O) groups excluding carboxylic acids is 5. The first kappa shape index (κ1) is 42.5. The summed E-state index contributed by atoms with van der Waals surface area (Å²) in [5.74, 6) is -3.19. The highest BCUT2D eigenvalue weighted by Crippen LogP contribution is 2.16. The van der Waals surface area contributed by atoms with Gasteiger partial charge in [-0.15, -0.1) is 0 Å². The number of carboxylic acids is 1. The molecule has 0 heterocycles. The number of ether oxygens (including phenoxy) is 1. The van der Waals surface area contributed by atoms with Crippen LogP contribution in [0.5, 0.6) is 5.75 Å². The van der Waals surface area contributed by atoms with E-state index in [2.05, 4.69) is 33.6 Å². The number of urea groups is 1. The number of hydrogen-bond acceptors (Lipinski definition) is 8. The van der Waals surface area contributed by atoms with Crippen LogP contribution in [-0.4, -0.2) is 65.0 Å². The maximum absolute atomic E-state index is 13.5. The molecule has 47 heavy (non-hydrogen) atoms. The van der Waals surface area contributed by atoms with Crippen LogP contribution in [0.2, 0.25) is 0 Å². The highest BCUT2D eigenvalue weighted by molar-refractivity contribution is 5.93. The van der Waals surface area contributed by atoms with Crippen LogP contribution in [0.3, 0.4) is 0 Å². The molecule has 0 radical (unpaired) electrons. The summed E-state index contributed by atoms with van der Waals surface area (Å²) < 4.78 is 5.33. The normalized spacial score (nSPS) is 13.9. The lowest BCUT2D eigenvalue weighted by Crippen LogP contribution is -2.58. The van der Waals surface area contributed by atoms with Gasteiger partial charge in [-0.3, -0.25) is 14.4 Å². The summed E-state index contributed by atoms with van der Waals surface area (Å²) in [7, 11) is 0. The number of benzene rings is 1. The topological polar surface area (TPSA) is 232 Å². The third kappa shape index (κ3) is 17.1. The van der Waals surface area contributed by atoms with Crippen molar-refractivity contribution in [3.63, 3.8) is 0 Å². The molecule has 0 bridgehead atoms. The van der Waals surface area contributed by atoms with Gasteiger partial charge in [0.15, 0.2) is 0 Å². The van der Waals surface area contributed by atoms with E-state index < -0.39 is 54.0 Å². The zero-order valence-electron chi connectivity index (χ0n) is 28.8. The van der Waals surface area contributed by atoms with Crippen molar-refractivity contribution in [2.45, 2.75) is 105 Å². The molecule has 0 fully saturated rings. The largest absolute Gasteiger partial charge is 0.480 e. The Bertz CT molecular complexity index is 1220. The van der Waals surface area contributed by atoms with Gasteiger partial charge in [-0.05, 0) is 48.8 Å². The van der Waals surface area contributed by atoms with Crippen LogP contribution in [-0.2, 0) is 30.4 Å². The van der Waals surface area contributed by atoms with E-state index in [4.69, 9.17) is 10.5 Å². The van der Waals surface area contributed by atoms with Gasteiger partial charge < -0.3 is 42.6 Å². The Morgan fingerprint density at radius 1 is 0.894 bits per heavy atom. The Morgan fingerprint density at radius 3 is 1.85 bits per heavy atom. The Hall–Kier alpha value is -4.46. The maximum Gasteiger partial charge on any atom is 0.328 e. The Morgan fingerprint density at radius 2 is 1.43 bits per heavy atom. The van der Waals surface area contributed by atoms with Crippen molar-refractivity contribution >= 4 is 35.7 Å². The second-order valence-corrected chi connectivity index (χ2v) is 12.2. The van der Waals surface area contributed by atoms with Crippen LogP contribution >= 0.6 is 0 Å². The van der Waals surface area contributed by atoms with E-state index in [1.165, 1.54) is 0 Å². The van der Waals surface area contributed by atoms with Crippen LogP contribution in [0.4, 0.5) is 4.79 Å². The molecule has 0 aliphatic carbocycles. The molecule has 1 aromatic rings. The standard InChI is InChI=1S/C30H47N5O7.C3H7NO/c1-9-19(8)25(27(37)32-18(6)7)35-26(36)22(33-30(41)34-23(28(38)39)14-16(2)3)15-20-10-12-21(13-11-20)42-29(40)24(31)17(4)5;1-2-3(4)5/h10-13,16-17,19,22-25H,6,9,14-15,31H2,1-5,7-8H3,(H,32,37)(H,35,36)(H,38,39)(H2,33,34,41);2H2,1H3,(H2,4,5). The van der Waals surface area contributed by atoms with E-state index in [-0.39, 0.29) is 42.3 Å². The highest BCUT2D eigenvalue weighted by atomic mass is 16.5. The molecule has 1 rings (SSSR count). The molecule has 14 nitrogen and oxygen atoms in total. The second kappa shape index (κ2) is 21.4. The van der Waals surface area contributed by atoms with E-state index in [0.29, 0.717) is 24.1 Å². The first-order valence-electron chi connectivity index (χ1n) is 15.7. The number of nitrogens with two attached hydrogens (primary N) is 2. The van der Waals surface area contributed by atoms with Crippen molar-refractivity contribution in [2.75, 3.05) is 0 Å². The predicted molar refractivity (Wildman–Crippen MR) is 179 cm³/mol. The number of primary amides is 1. The fourth-order valence-electron chi connectivity index (χ4n) is 3.89. The van der Waals surface area contributed by atoms with Crippen molar-refractivity contribution < 1.29 is 38.6 Å². The maximum atomic E-state index is 13.5. The number of rotatable bonds is 17. The van der Waals surface area contributed by atoms with Crippen LogP contribution in [0.25, 0.3) is 0 Å². The lowest BCUT2D eigenvalue weighted by molar-refractivity contribution is -0.139. The second-order valence-electron chi connectivity index (χ2n) is 12.2. The van der Waals surface area contributed by atoms with Crippen molar-refractivity contribution in [1.29, 1.82) is 0 Å². The number of carbonyl (C=O) groups is 6. The fraction of sp³-hybridized carbons (Fsp3) is 0.576. The number of esters is 1. The average molecular weight is 663 g/mol. The SMILES string of the molecule is C=C(C)NC(=O)C(NC(=O)C(Cc1ccc(OC(=O)C(N)C(C)C)cc1)NC(=O)NC(CC(C)C)C(=O)O)C(C)CC.CCC(N)=O. The van der Waals surface area contributed by atoms with Gasteiger partial charge in [0.1, 0.15) is 29.9 Å². The zero-order valence-corrected chi connectivity index (χ0v) is 28.8. The molecule has 9 N–H and O–H groups in total. The minimum absolute atomic E-state index is 0.00341. The quantitative estimate of drug-likeness (QED) is 0.0957. The number of carboxylic acid groups (broad SMARTS) is 1. The van der Waals surface area contributed by atoms with Crippen molar-refractivity contribution in [2.24, 2.45) is 29.2 Å². The first-order chi connectivity index (χ1) is 21.8.